The highest BCUT2D eigenvalue weighted by atomic mass is 16.5. The fourth-order valence-corrected chi connectivity index (χ4v) is 3.80. The molecule has 1 aliphatic carbocycles. The Labute approximate surface area is 118 Å². The molecule has 3 heterocycles. The third kappa shape index (κ3) is 2.04. The largest absolute Gasteiger partial charge is 0.361 e. The molecule has 2 saturated heterocycles. The lowest BCUT2D eigenvalue weighted by atomic mass is 10.1. The molecule has 20 heavy (non-hydrogen) atoms. The highest BCUT2D eigenvalue weighted by molar-refractivity contribution is 5.92. The zero-order valence-corrected chi connectivity index (χ0v) is 11.9. The van der Waals surface area contributed by atoms with Gasteiger partial charge in [-0.2, -0.15) is 0 Å². The minimum atomic E-state index is 0.0441. The monoisotopic (exact) mass is 275 g/mol. The van der Waals surface area contributed by atoms with Crippen LogP contribution in [0.4, 0.5) is 0 Å². The Hall–Kier alpha value is -1.36. The molecule has 3 aliphatic rings. The molecule has 108 valence electrons. The number of aryl methyl sites for hydroxylation is 1. The molecular weight excluding hydrogens is 254 g/mol. The molecule has 0 radical (unpaired) electrons. The maximum Gasteiger partial charge on any atom is 0.276 e. The normalized spacial score (nSPS) is 29.9. The van der Waals surface area contributed by atoms with Gasteiger partial charge in [-0.15, -0.1) is 0 Å². The van der Waals surface area contributed by atoms with Crippen LogP contribution in [0.2, 0.25) is 0 Å². The van der Waals surface area contributed by atoms with E-state index in [2.05, 4.69) is 10.1 Å². The summed E-state index contributed by atoms with van der Waals surface area (Å²) in [6.45, 7) is 5.07. The van der Waals surface area contributed by atoms with Crippen LogP contribution in [-0.4, -0.2) is 52.6 Å². The molecule has 5 heteroatoms. The molecule has 1 aromatic rings. The number of nitrogens with zero attached hydrogens (tertiary/aromatic N) is 3. The molecule has 0 spiro atoms. The second kappa shape index (κ2) is 4.58. The van der Waals surface area contributed by atoms with Crippen LogP contribution in [0.5, 0.6) is 0 Å². The van der Waals surface area contributed by atoms with E-state index in [1.807, 2.05) is 11.8 Å². The lowest BCUT2D eigenvalue weighted by Crippen LogP contribution is -2.40. The van der Waals surface area contributed by atoms with Gasteiger partial charge < -0.3 is 9.42 Å². The van der Waals surface area contributed by atoms with Crippen molar-refractivity contribution >= 4 is 5.91 Å². The van der Waals surface area contributed by atoms with Crippen LogP contribution in [0, 0.1) is 12.8 Å². The van der Waals surface area contributed by atoms with Gasteiger partial charge in [0.15, 0.2) is 5.69 Å². The number of carbonyl (C=O) groups is 1. The fraction of sp³-hybridized carbons (Fsp3) is 0.733. The minimum Gasteiger partial charge on any atom is -0.361 e. The first-order valence-electron chi connectivity index (χ1n) is 7.71. The molecule has 1 saturated carbocycles. The van der Waals surface area contributed by atoms with Crippen LogP contribution in [-0.2, 0) is 0 Å². The van der Waals surface area contributed by atoms with E-state index >= 15 is 0 Å². The Bertz CT molecular complexity index is 523. The van der Waals surface area contributed by atoms with Crippen molar-refractivity contribution in [3.63, 3.8) is 0 Å². The van der Waals surface area contributed by atoms with Crippen molar-refractivity contribution in [1.29, 1.82) is 0 Å². The van der Waals surface area contributed by atoms with Gasteiger partial charge in [0, 0.05) is 37.8 Å². The number of rotatable bonds is 3. The SMILES string of the molecule is Cc1cc(C(=O)N2CC[C@@H]3[C@@H]2CCN3CC2CC2)no1. The van der Waals surface area contributed by atoms with Crippen LogP contribution < -0.4 is 0 Å². The first-order valence-corrected chi connectivity index (χ1v) is 7.71. The summed E-state index contributed by atoms with van der Waals surface area (Å²) in [5, 5.41) is 3.87. The van der Waals surface area contributed by atoms with E-state index in [9.17, 15) is 4.79 Å². The van der Waals surface area contributed by atoms with Crippen molar-refractivity contribution < 1.29 is 9.32 Å². The summed E-state index contributed by atoms with van der Waals surface area (Å²) in [6.07, 6.45) is 5.02. The Kier molecular flexibility index (Phi) is 2.84. The van der Waals surface area contributed by atoms with Crippen molar-refractivity contribution in [2.24, 2.45) is 5.92 Å². The Morgan fingerprint density at radius 1 is 1.30 bits per heavy atom. The summed E-state index contributed by atoms with van der Waals surface area (Å²) in [7, 11) is 0. The molecule has 0 bridgehead atoms. The Morgan fingerprint density at radius 2 is 2.10 bits per heavy atom. The highest BCUT2D eigenvalue weighted by Gasteiger charge is 2.45. The first kappa shape index (κ1) is 12.4. The van der Waals surface area contributed by atoms with Gasteiger partial charge in [-0.05, 0) is 38.5 Å². The van der Waals surface area contributed by atoms with Gasteiger partial charge in [0.05, 0.1) is 0 Å². The number of hydrogen-bond donors (Lipinski definition) is 0. The van der Waals surface area contributed by atoms with E-state index in [4.69, 9.17) is 4.52 Å². The maximum absolute atomic E-state index is 12.5. The average Bonchev–Trinajstić information content (AvgIpc) is 2.86. The number of likely N-dealkylation sites (tertiary alicyclic amines) is 2. The van der Waals surface area contributed by atoms with Gasteiger partial charge in [0.1, 0.15) is 5.76 Å². The van der Waals surface area contributed by atoms with Crippen molar-refractivity contribution in [3.8, 4) is 0 Å². The number of fused-ring (bicyclic) bond motifs is 1. The molecular formula is C15H21N3O2. The van der Waals surface area contributed by atoms with Gasteiger partial charge in [-0.25, -0.2) is 0 Å². The average molecular weight is 275 g/mol. The van der Waals surface area contributed by atoms with E-state index in [-0.39, 0.29) is 5.91 Å². The summed E-state index contributed by atoms with van der Waals surface area (Å²) in [6, 6.07) is 2.71. The summed E-state index contributed by atoms with van der Waals surface area (Å²) in [4.78, 5) is 17.2. The van der Waals surface area contributed by atoms with Gasteiger partial charge in [-0.3, -0.25) is 9.69 Å². The van der Waals surface area contributed by atoms with Gasteiger partial charge in [0.25, 0.3) is 5.91 Å². The summed E-state index contributed by atoms with van der Waals surface area (Å²) in [5.74, 6) is 1.67. The Morgan fingerprint density at radius 3 is 2.80 bits per heavy atom. The van der Waals surface area contributed by atoms with E-state index < -0.39 is 0 Å². The molecule has 5 nitrogen and oxygen atoms in total. The molecule has 2 atom stereocenters. The molecule has 1 aromatic heterocycles. The molecule has 4 rings (SSSR count). The third-order valence-corrected chi connectivity index (χ3v) is 4.99. The zero-order chi connectivity index (χ0) is 13.7. The summed E-state index contributed by atoms with van der Waals surface area (Å²) >= 11 is 0. The molecule has 2 aliphatic heterocycles. The number of hydrogen-bond acceptors (Lipinski definition) is 4. The van der Waals surface area contributed by atoms with Crippen LogP contribution in [0.3, 0.4) is 0 Å². The Balaban J connectivity index is 1.47. The van der Waals surface area contributed by atoms with E-state index in [0.29, 0.717) is 23.5 Å². The van der Waals surface area contributed by atoms with Gasteiger partial charge in [0.2, 0.25) is 0 Å². The molecule has 0 aromatic carbocycles. The maximum atomic E-state index is 12.5. The van der Waals surface area contributed by atoms with E-state index in [0.717, 1.165) is 31.8 Å². The highest BCUT2D eigenvalue weighted by Crippen LogP contribution is 2.37. The zero-order valence-electron chi connectivity index (χ0n) is 11.9. The second-order valence-electron chi connectivity index (χ2n) is 6.47. The number of amides is 1. The number of carbonyl (C=O) groups excluding carboxylic acids is 1. The van der Waals surface area contributed by atoms with Crippen molar-refractivity contribution in [2.75, 3.05) is 19.6 Å². The van der Waals surface area contributed by atoms with Crippen LogP contribution in [0.15, 0.2) is 10.6 Å². The predicted molar refractivity (Wildman–Crippen MR) is 73.4 cm³/mol. The topological polar surface area (TPSA) is 49.6 Å². The molecule has 0 unspecified atom stereocenters. The van der Waals surface area contributed by atoms with Crippen LogP contribution in [0.25, 0.3) is 0 Å². The minimum absolute atomic E-state index is 0.0441. The summed E-state index contributed by atoms with van der Waals surface area (Å²) in [5.41, 5.74) is 0.462. The van der Waals surface area contributed by atoms with Crippen molar-refractivity contribution in [2.45, 2.75) is 44.7 Å². The van der Waals surface area contributed by atoms with E-state index in [1.54, 1.807) is 6.07 Å². The second-order valence-corrected chi connectivity index (χ2v) is 6.47. The van der Waals surface area contributed by atoms with Crippen LogP contribution >= 0.6 is 0 Å². The predicted octanol–water partition coefficient (Wildman–Crippen LogP) is 1.68. The first-order chi connectivity index (χ1) is 9.72. The standard InChI is InChI=1S/C15H21N3O2/c1-10-8-12(16-20-10)15(19)18-7-5-13-14(18)4-6-17(13)9-11-2-3-11/h8,11,13-14H,2-7,9H2,1H3/t13-,14+/m1/s1. The lowest BCUT2D eigenvalue weighted by Gasteiger charge is -2.25. The molecule has 1 amide bonds. The molecule has 0 N–H and O–H groups in total. The smallest absolute Gasteiger partial charge is 0.276 e. The van der Waals surface area contributed by atoms with Crippen molar-refractivity contribution in [3.05, 3.63) is 17.5 Å². The molecule has 3 fully saturated rings. The van der Waals surface area contributed by atoms with Crippen LogP contribution in [0.1, 0.15) is 41.9 Å². The van der Waals surface area contributed by atoms with Crippen molar-refractivity contribution in [1.82, 2.24) is 15.0 Å². The third-order valence-electron chi connectivity index (χ3n) is 4.99. The lowest BCUT2D eigenvalue weighted by molar-refractivity contribution is 0.0721. The summed E-state index contributed by atoms with van der Waals surface area (Å²) < 4.78 is 5.03. The van der Waals surface area contributed by atoms with Gasteiger partial charge in [-0.1, -0.05) is 5.16 Å². The fourth-order valence-electron chi connectivity index (χ4n) is 3.80. The van der Waals surface area contributed by atoms with Gasteiger partial charge >= 0.3 is 0 Å². The number of aromatic nitrogens is 1. The van der Waals surface area contributed by atoms with E-state index in [1.165, 1.54) is 19.4 Å². The quantitative estimate of drug-likeness (QED) is 0.842.